The van der Waals surface area contributed by atoms with E-state index < -0.39 is 0 Å². The highest BCUT2D eigenvalue weighted by Gasteiger charge is 2.11. The van der Waals surface area contributed by atoms with Gasteiger partial charge in [-0.15, -0.1) is 6.58 Å². The Morgan fingerprint density at radius 2 is 2.11 bits per heavy atom. The zero-order chi connectivity index (χ0) is 12.8. The molecule has 3 heteroatoms. The van der Waals surface area contributed by atoms with E-state index in [1.54, 1.807) is 0 Å². The van der Waals surface area contributed by atoms with Crippen molar-refractivity contribution in [3.8, 4) is 5.75 Å². The minimum Gasteiger partial charge on any atom is -0.492 e. The van der Waals surface area contributed by atoms with E-state index in [1.165, 1.54) is 25.9 Å². The first kappa shape index (κ1) is 13.0. The number of ether oxygens (including phenoxy) is 1. The molecule has 1 heterocycles. The first-order chi connectivity index (χ1) is 8.79. The van der Waals surface area contributed by atoms with Crippen LogP contribution < -0.4 is 10.5 Å². The molecule has 0 aromatic heterocycles. The Balaban J connectivity index is 1.88. The van der Waals surface area contributed by atoms with Crippen LogP contribution in [0.2, 0.25) is 0 Å². The third-order valence-electron chi connectivity index (χ3n) is 3.31. The van der Waals surface area contributed by atoms with Crippen LogP contribution in [0, 0.1) is 0 Å². The summed E-state index contributed by atoms with van der Waals surface area (Å²) in [5.41, 5.74) is 7.68. The van der Waals surface area contributed by atoms with Gasteiger partial charge in [0.1, 0.15) is 12.4 Å². The van der Waals surface area contributed by atoms with E-state index in [0.29, 0.717) is 0 Å². The quantitative estimate of drug-likeness (QED) is 0.619. The van der Waals surface area contributed by atoms with Crippen LogP contribution >= 0.6 is 0 Å². The average Bonchev–Trinajstić information content (AvgIpc) is 2.85. The molecular weight excluding hydrogens is 224 g/mol. The number of rotatable bonds is 6. The zero-order valence-corrected chi connectivity index (χ0v) is 10.9. The van der Waals surface area contributed by atoms with E-state index in [9.17, 15) is 0 Å². The molecule has 2 rings (SSSR count). The first-order valence-electron chi connectivity index (χ1n) is 6.64. The summed E-state index contributed by atoms with van der Waals surface area (Å²) in [6.45, 7) is 7.95. The van der Waals surface area contributed by atoms with Crippen LogP contribution in [0.15, 0.2) is 30.9 Å². The van der Waals surface area contributed by atoms with Crippen molar-refractivity contribution in [3.05, 3.63) is 36.4 Å². The van der Waals surface area contributed by atoms with Crippen molar-refractivity contribution in [2.24, 2.45) is 0 Å². The third-order valence-corrected chi connectivity index (χ3v) is 3.31. The van der Waals surface area contributed by atoms with Gasteiger partial charge < -0.3 is 10.5 Å². The molecule has 0 saturated carbocycles. The van der Waals surface area contributed by atoms with Crippen LogP contribution in [-0.2, 0) is 6.42 Å². The van der Waals surface area contributed by atoms with E-state index in [2.05, 4.69) is 11.5 Å². The van der Waals surface area contributed by atoms with Gasteiger partial charge in [0.2, 0.25) is 0 Å². The molecule has 0 bridgehead atoms. The molecule has 3 nitrogen and oxygen atoms in total. The van der Waals surface area contributed by atoms with Gasteiger partial charge in [0.25, 0.3) is 0 Å². The third kappa shape index (κ3) is 3.50. The highest BCUT2D eigenvalue weighted by molar-refractivity contribution is 5.48. The molecule has 1 aromatic carbocycles. The van der Waals surface area contributed by atoms with Crippen LogP contribution in [0.3, 0.4) is 0 Å². The zero-order valence-electron chi connectivity index (χ0n) is 10.9. The topological polar surface area (TPSA) is 38.5 Å². The molecule has 18 heavy (non-hydrogen) atoms. The predicted molar refractivity (Wildman–Crippen MR) is 75.9 cm³/mol. The summed E-state index contributed by atoms with van der Waals surface area (Å²) in [5, 5.41) is 0. The van der Waals surface area contributed by atoms with Crippen LogP contribution in [0.5, 0.6) is 5.75 Å². The lowest BCUT2D eigenvalue weighted by atomic mass is 10.1. The Morgan fingerprint density at radius 3 is 2.83 bits per heavy atom. The predicted octanol–water partition coefficient (Wildman–Crippen LogP) is 2.47. The number of nitrogens with two attached hydrogens (primary N) is 1. The largest absolute Gasteiger partial charge is 0.492 e. The lowest BCUT2D eigenvalue weighted by molar-refractivity contribution is 0.236. The molecule has 0 atom stereocenters. The molecule has 2 N–H and O–H groups in total. The number of hydrogen-bond donors (Lipinski definition) is 1. The van der Waals surface area contributed by atoms with Gasteiger partial charge in [-0.2, -0.15) is 0 Å². The molecule has 0 radical (unpaired) electrons. The molecule has 98 valence electrons. The van der Waals surface area contributed by atoms with Gasteiger partial charge in [-0.25, -0.2) is 0 Å². The number of allylic oxidation sites excluding steroid dienone is 1. The van der Waals surface area contributed by atoms with Crippen LogP contribution in [-0.4, -0.2) is 31.1 Å². The van der Waals surface area contributed by atoms with Gasteiger partial charge in [0.05, 0.1) is 0 Å². The maximum atomic E-state index is 5.86. The summed E-state index contributed by atoms with van der Waals surface area (Å²) in [6.07, 6.45) is 5.32. The average molecular weight is 246 g/mol. The molecule has 0 aliphatic carbocycles. The summed E-state index contributed by atoms with van der Waals surface area (Å²) in [6, 6.07) is 5.81. The number of likely N-dealkylation sites (tertiary alicyclic amines) is 1. The van der Waals surface area contributed by atoms with E-state index >= 15 is 0 Å². The smallest absolute Gasteiger partial charge is 0.123 e. The normalized spacial score (nSPS) is 15.8. The fourth-order valence-corrected chi connectivity index (χ4v) is 2.35. The van der Waals surface area contributed by atoms with Crippen LogP contribution in [0.1, 0.15) is 18.4 Å². The van der Waals surface area contributed by atoms with Gasteiger partial charge in [0, 0.05) is 12.2 Å². The van der Waals surface area contributed by atoms with Gasteiger partial charge in [-0.05, 0) is 56.1 Å². The Morgan fingerprint density at radius 1 is 1.33 bits per heavy atom. The molecule has 1 aromatic rings. The van der Waals surface area contributed by atoms with E-state index in [1.807, 2.05) is 24.3 Å². The molecule has 0 amide bonds. The van der Waals surface area contributed by atoms with Crippen LogP contribution in [0.4, 0.5) is 5.69 Å². The van der Waals surface area contributed by atoms with Crippen molar-refractivity contribution in [2.45, 2.75) is 19.3 Å². The van der Waals surface area contributed by atoms with Crippen molar-refractivity contribution in [2.75, 3.05) is 32.0 Å². The fourth-order valence-electron chi connectivity index (χ4n) is 2.35. The lowest BCUT2D eigenvalue weighted by Gasteiger charge is -2.16. The molecule has 1 saturated heterocycles. The lowest BCUT2D eigenvalue weighted by Crippen LogP contribution is -2.25. The van der Waals surface area contributed by atoms with Gasteiger partial charge in [-0.1, -0.05) is 6.08 Å². The minimum atomic E-state index is 0.744. The second-order valence-electron chi connectivity index (χ2n) is 4.76. The van der Waals surface area contributed by atoms with Gasteiger partial charge in [-0.3, -0.25) is 4.90 Å². The van der Waals surface area contributed by atoms with Crippen molar-refractivity contribution >= 4 is 5.69 Å². The first-order valence-corrected chi connectivity index (χ1v) is 6.64. The standard InChI is InChI=1S/C15H22N2O/c1-2-5-13-12-14(16)6-7-15(13)18-11-10-17-8-3-4-9-17/h2,6-7,12H,1,3-5,8-11,16H2. The number of nitrogen functional groups attached to an aromatic ring is 1. The van der Waals surface area contributed by atoms with Crippen molar-refractivity contribution in [1.82, 2.24) is 4.90 Å². The molecule has 0 unspecified atom stereocenters. The SMILES string of the molecule is C=CCc1cc(N)ccc1OCCN1CCCC1. The Hall–Kier alpha value is -1.48. The summed E-state index contributed by atoms with van der Waals surface area (Å²) >= 11 is 0. The van der Waals surface area contributed by atoms with Gasteiger partial charge in [0.15, 0.2) is 0 Å². The molecule has 1 aliphatic rings. The Bertz CT molecular complexity index is 397. The van der Waals surface area contributed by atoms with E-state index in [-0.39, 0.29) is 0 Å². The second kappa shape index (κ2) is 6.45. The van der Waals surface area contributed by atoms with Gasteiger partial charge >= 0.3 is 0 Å². The number of hydrogen-bond acceptors (Lipinski definition) is 3. The number of anilines is 1. The van der Waals surface area contributed by atoms with Crippen molar-refractivity contribution < 1.29 is 4.74 Å². The summed E-state index contributed by atoms with van der Waals surface area (Å²) in [4.78, 5) is 2.45. The monoisotopic (exact) mass is 246 g/mol. The molecular formula is C15H22N2O. The highest BCUT2D eigenvalue weighted by Crippen LogP contribution is 2.22. The summed E-state index contributed by atoms with van der Waals surface area (Å²) in [7, 11) is 0. The summed E-state index contributed by atoms with van der Waals surface area (Å²) < 4.78 is 5.86. The highest BCUT2D eigenvalue weighted by atomic mass is 16.5. The number of benzene rings is 1. The minimum absolute atomic E-state index is 0.744. The van der Waals surface area contributed by atoms with E-state index in [4.69, 9.17) is 10.5 Å². The molecule has 1 aliphatic heterocycles. The number of nitrogens with zero attached hydrogens (tertiary/aromatic N) is 1. The Kier molecular flexibility index (Phi) is 4.65. The maximum absolute atomic E-state index is 5.86. The second-order valence-corrected chi connectivity index (χ2v) is 4.76. The van der Waals surface area contributed by atoms with E-state index in [0.717, 1.165) is 36.6 Å². The maximum Gasteiger partial charge on any atom is 0.123 e. The Labute approximate surface area is 109 Å². The molecule has 0 spiro atoms. The molecule has 1 fully saturated rings. The van der Waals surface area contributed by atoms with Crippen molar-refractivity contribution in [3.63, 3.8) is 0 Å². The summed E-state index contributed by atoms with van der Waals surface area (Å²) in [5.74, 6) is 0.934. The fraction of sp³-hybridized carbons (Fsp3) is 0.467. The van der Waals surface area contributed by atoms with Crippen molar-refractivity contribution in [1.29, 1.82) is 0 Å². The van der Waals surface area contributed by atoms with Crippen LogP contribution in [0.25, 0.3) is 0 Å².